The van der Waals surface area contributed by atoms with Crippen LogP contribution in [-0.4, -0.2) is 46.0 Å². The van der Waals surface area contributed by atoms with Crippen LogP contribution in [0.15, 0.2) is 39.9 Å². The molecule has 0 saturated heterocycles. The summed E-state index contributed by atoms with van der Waals surface area (Å²) in [6, 6.07) is 6.75. The molecule has 52 heavy (non-hydrogen) atoms. The molecule has 11 heteroatoms. The predicted octanol–water partition coefficient (Wildman–Crippen LogP) is 7.04. The Bertz CT molecular complexity index is 3110. The quantitative estimate of drug-likeness (QED) is 0.0673. The lowest BCUT2D eigenvalue weighted by molar-refractivity contribution is 0.440. The van der Waals surface area contributed by atoms with Crippen molar-refractivity contribution in [1.29, 1.82) is 0 Å². The molecule has 0 saturated carbocycles. The highest BCUT2D eigenvalue weighted by molar-refractivity contribution is 6.46. The van der Waals surface area contributed by atoms with Gasteiger partial charge in [0.05, 0.1) is 21.5 Å². The molecule has 9 rings (SSSR count). The van der Waals surface area contributed by atoms with Gasteiger partial charge >= 0.3 is 0 Å². The third-order valence-corrected chi connectivity index (χ3v) is 11.2. The van der Waals surface area contributed by atoms with Crippen molar-refractivity contribution in [3.05, 3.63) is 84.2 Å². The second-order valence-electron chi connectivity index (χ2n) is 14.0. The number of phenols is 9. The Morgan fingerprint density at radius 1 is 0.538 bits per heavy atom. The molecule has 0 heterocycles. The summed E-state index contributed by atoms with van der Waals surface area (Å²) in [6.45, 7) is 6.38. The lowest BCUT2D eigenvalue weighted by atomic mass is 9.79. The van der Waals surface area contributed by atoms with Crippen LogP contribution >= 0.6 is 0 Å². The van der Waals surface area contributed by atoms with E-state index in [1.807, 2.05) is 0 Å². The Morgan fingerprint density at radius 2 is 1.02 bits per heavy atom. The molecule has 0 aromatic heterocycles. The third kappa shape index (κ3) is 3.31. The second-order valence-corrected chi connectivity index (χ2v) is 14.0. The molecule has 8 aromatic carbocycles. The first-order valence-corrected chi connectivity index (χ1v) is 16.7. The van der Waals surface area contributed by atoms with E-state index in [0.717, 1.165) is 6.07 Å². The van der Waals surface area contributed by atoms with Crippen molar-refractivity contribution in [3.63, 3.8) is 0 Å². The minimum absolute atomic E-state index is 0.00372. The highest BCUT2D eigenvalue weighted by Crippen LogP contribution is 2.62. The summed E-state index contributed by atoms with van der Waals surface area (Å²) in [5.41, 5.74) is -1.57. The van der Waals surface area contributed by atoms with E-state index in [4.69, 9.17) is 0 Å². The first-order valence-electron chi connectivity index (χ1n) is 16.7. The highest BCUT2D eigenvalue weighted by atomic mass is 16.3. The van der Waals surface area contributed by atoms with Crippen molar-refractivity contribution in [2.75, 3.05) is 0 Å². The Morgan fingerprint density at radius 3 is 1.62 bits per heavy atom. The monoisotopic (exact) mass is 698 g/mol. The van der Waals surface area contributed by atoms with Crippen LogP contribution in [0, 0.1) is 6.92 Å². The van der Waals surface area contributed by atoms with Crippen molar-refractivity contribution in [1.82, 2.24) is 0 Å². The van der Waals surface area contributed by atoms with E-state index in [1.165, 1.54) is 31.2 Å². The fourth-order valence-corrected chi connectivity index (χ4v) is 9.06. The molecule has 0 aliphatic heterocycles. The second kappa shape index (κ2) is 9.79. The van der Waals surface area contributed by atoms with Crippen LogP contribution < -0.4 is 10.9 Å². The van der Waals surface area contributed by atoms with Crippen molar-refractivity contribution >= 4 is 64.6 Å². The molecule has 11 nitrogen and oxygen atoms in total. The summed E-state index contributed by atoms with van der Waals surface area (Å²) in [5.74, 6) is -6.34. The Hall–Kier alpha value is -6.62. The van der Waals surface area contributed by atoms with Crippen molar-refractivity contribution in [2.24, 2.45) is 0 Å². The van der Waals surface area contributed by atoms with Gasteiger partial charge in [0.15, 0.2) is 0 Å². The number of phenolic OH excluding ortho intramolecular Hbond substituents is 9. The maximum Gasteiger partial charge on any atom is 0.201 e. The van der Waals surface area contributed by atoms with E-state index in [1.54, 1.807) is 20.8 Å². The number of benzene rings is 8. The fourth-order valence-electron chi connectivity index (χ4n) is 9.06. The molecule has 0 amide bonds. The number of rotatable bonds is 3. The van der Waals surface area contributed by atoms with Crippen LogP contribution in [0.25, 0.3) is 64.6 Å². The SMILES string of the molecule is CCc1c(O)c2c(=O)c3c(O)cc(O)c4c3c3c2c(c1O)c1c(O)c(C(C)C)c(O)c2c(=O)c5c(O)c(C)c(O)c(c5c3c21)[C@@H]4c1ccc(O)cc1. The molecule has 0 radical (unpaired) electrons. The summed E-state index contributed by atoms with van der Waals surface area (Å²) in [5, 5.41) is 104. The number of aromatic hydroxyl groups is 9. The molecule has 260 valence electrons. The molecule has 1 aliphatic rings. The number of hydrogen-bond acceptors (Lipinski definition) is 11. The predicted molar refractivity (Wildman–Crippen MR) is 197 cm³/mol. The van der Waals surface area contributed by atoms with Crippen molar-refractivity contribution < 1.29 is 46.0 Å². The lowest BCUT2D eigenvalue weighted by Gasteiger charge is -2.25. The van der Waals surface area contributed by atoms with Crippen molar-refractivity contribution in [2.45, 2.75) is 46.0 Å². The molecule has 0 spiro atoms. The van der Waals surface area contributed by atoms with Gasteiger partial charge in [0.25, 0.3) is 0 Å². The fraction of sp³-hybridized carbons (Fsp3) is 0.171. The molecular formula is C41H30O11. The van der Waals surface area contributed by atoms with E-state index < -0.39 is 68.7 Å². The van der Waals surface area contributed by atoms with Crippen LogP contribution in [0.2, 0.25) is 0 Å². The molecule has 9 N–H and O–H groups in total. The Balaban J connectivity index is 1.84. The summed E-state index contributed by atoms with van der Waals surface area (Å²) >= 11 is 0. The Kier molecular flexibility index (Phi) is 5.90. The van der Waals surface area contributed by atoms with Gasteiger partial charge in [-0.2, -0.15) is 0 Å². The minimum Gasteiger partial charge on any atom is -0.508 e. The molecule has 0 fully saturated rings. The maximum atomic E-state index is 14.9. The van der Waals surface area contributed by atoms with Gasteiger partial charge in [-0.15, -0.1) is 0 Å². The van der Waals surface area contributed by atoms with Crippen molar-refractivity contribution in [3.8, 4) is 51.7 Å². The van der Waals surface area contributed by atoms with E-state index in [0.29, 0.717) is 5.56 Å². The molecule has 0 bridgehead atoms. The van der Waals surface area contributed by atoms with Gasteiger partial charge in [0, 0.05) is 82.9 Å². The van der Waals surface area contributed by atoms with Gasteiger partial charge in [0.2, 0.25) is 10.9 Å². The minimum atomic E-state index is -1.24. The van der Waals surface area contributed by atoms with Crippen LogP contribution in [-0.2, 0) is 6.42 Å². The lowest BCUT2D eigenvalue weighted by Crippen LogP contribution is -2.11. The summed E-state index contributed by atoms with van der Waals surface area (Å²) in [4.78, 5) is 29.7. The summed E-state index contributed by atoms with van der Waals surface area (Å²) < 4.78 is 0. The van der Waals surface area contributed by atoms with Gasteiger partial charge in [-0.1, -0.05) is 32.9 Å². The molecule has 1 atom stereocenters. The first kappa shape index (κ1) is 31.4. The topological polar surface area (TPSA) is 216 Å². The molecule has 8 aromatic rings. The summed E-state index contributed by atoms with van der Waals surface area (Å²) in [7, 11) is 0. The zero-order valence-corrected chi connectivity index (χ0v) is 28.1. The Labute approximate surface area is 292 Å². The smallest absolute Gasteiger partial charge is 0.201 e. The van der Waals surface area contributed by atoms with E-state index in [2.05, 4.69) is 0 Å². The van der Waals surface area contributed by atoms with Crippen LogP contribution in [0.4, 0.5) is 0 Å². The van der Waals surface area contributed by atoms with Crippen LogP contribution in [0.3, 0.4) is 0 Å². The molecule has 0 unspecified atom stereocenters. The zero-order valence-electron chi connectivity index (χ0n) is 28.1. The van der Waals surface area contributed by atoms with Crippen LogP contribution in [0.1, 0.15) is 66.0 Å². The van der Waals surface area contributed by atoms with Gasteiger partial charge in [-0.05, 0) is 37.0 Å². The van der Waals surface area contributed by atoms with Gasteiger partial charge in [-0.3, -0.25) is 9.59 Å². The molecular weight excluding hydrogens is 668 g/mol. The number of fused-ring (bicyclic) bond motifs is 1. The maximum absolute atomic E-state index is 14.9. The standard InChI is InChI=1S/C41H30O11/c1-5-15-36(47)29-26-23-22-20(16(43)10-17(44)21(22)40(51)32(26)37(15)48)19(13-6-8-14(42)9-7-13)28-25-24(23)27-30(29)38(49)18(11(2)3)39(50)33(27)41(52)31(25)35(46)12(4)34(28)45/h6-11,19,42-50H,5H2,1-4H3/t19-/m1/s1. The third-order valence-electron chi connectivity index (χ3n) is 11.2. The first-order chi connectivity index (χ1) is 24.6. The van der Waals surface area contributed by atoms with E-state index in [9.17, 15) is 55.5 Å². The molecule has 1 aliphatic carbocycles. The van der Waals surface area contributed by atoms with Gasteiger partial charge in [-0.25, -0.2) is 0 Å². The largest absolute Gasteiger partial charge is 0.508 e. The van der Waals surface area contributed by atoms with Gasteiger partial charge in [0.1, 0.15) is 51.7 Å². The van der Waals surface area contributed by atoms with Crippen LogP contribution in [0.5, 0.6) is 51.7 Å². The number of hydrogen-bond donors (Lipinski definition) is 9. The average molecular weight is 699 g/mol. The zero-order chi connectivity index (χ0) is 37.1. The summed E-state index contributed by atoms with van der Waals surface area (Å²) in [6.07, 6.45) is 0.0186. The average Bonchev–Trinajstić information content (AvgIpc) is 3.21. The van der Waals surface area contributed by atoms with E-state index >= 15 is 0 Å². The van der Waals surface area contributed by atoms with E-state index in [-0.39, 0.29) is 105 Å². The van der Waals surface area contributed by atoms with Gasteiger partial charge < -0.3 is 46.0 Å². The highest BCUT2D eigenvalue weighted by Gasteiger charge is 2.40. The normalized spacial score (nSPS) is 14.3.